The van der Waals surface area contributed by atoms with E-state index in [1.54, 1.807) is 24.6 Å². The van der Waals surface area contributed by atoms with Gasteiger partial charge in [0.05, 0.1) is 12.1 Å². The van der Waals surface area contributed by atoms with Gasteiger partial charge in [-0.15, -0.1) is 11.3 Å². The largest absolute Gasteiger partial charge is 0.497 e. The van der Waals surface area contributed by atoms with Crippen molar-refractivity contribution in [2.45, 2.75) is 19.3 Å². The Bertz CT molecular complexity index is 541. The van der Waals surface area contributed by atoms with E-state index in [4.69, 9.17) is 4.74 Å². The molecular weight excluding hydrogens is 272 g/mol. The molecule has 0 fully saturated rings. The summed E-state index contributed by atoms with van der Waals surface area (Å²) in [5, 5.41) is 5.91. The van der Waals surface area contributed by atoms with E-state index in [2.05, 4.69) is 10.3 Å². The van der Waals surface area contributed by atoms with Crippen LogP contribution in [0.15, 0.2) is 35.8 Å². The molecule has 5 heteroatoms. The number of benzene rings is 1. The number of amides is 1. The average molecular weight is 290 g/mol. The highest BCUT2D eigenvalue weighted by Gasteiger charge is 2.03. The maximum absolute atomic E-state index is 11.7. The lowest BCUT2D eigenvalue weighted by Crippen LogP contribution is -2.25. The summed E-state index contributed by atoms with van der Waals surface area (Å²) in [5.74, 6) is 0.899. The predicted molar refractivity (Wildman–Crippen MR) is 80.1 cm³/mol. The van der Waals surface area contributed by atoms with Gasteiger partial charge in [0.15, 0.2) is 0 Å². The molecule has 0 saturated carbocycles. The van der Waals surface area contributed by atoms with Gasteiger partial charge in [-0.2, -0.15) is 0 Å². The van der Waals surface area contributed by atoms with Gasteiger partial charge < -0.3 is 10.1 Å². The molecule has 2 aromatic rings. The first-order chi connectivity index (χ1) is 9.78. The number of nitrogens with zero attached hydrogens (tertiary/aromatic N) is 1. The highest BCUT2D eigenvalue weighted by Crippen LogP contribution is 2.13. The maximum atomic E-state index is 11.7. The van der Waals surface area contributed by atoms with Crippen molar-refractivity contribution in [3.05, 3.63) is 46.4 Å². The van der Waals surface area contributed by atoms with Gasteiger partial charge in [0, 0.05) is 31.0 Å². The molecule has 0 atom stereocenters. The van der Waals surface area contributed by atoms with Crippen LogP contribution in [0.3, 0.4) is 0 Å². The van der Waals surface area contributed by atoms with Crippen LogP contribution < -0.4 is 10.1 Å². The van der Waals surface area contributed by atoms with E-state index in [9.17, 15) is 4.79 Å². The average Bonchev–Trinajstić information content (AvgIpc) is 2.98. The molecule has 0 bridgehead atoms. The molecule has 0 aliphatic rings. The monoisotopic (exact) mass is 290 g/mol. The number of aromatic nitrogens is 1. The Morgan fingerprint density at radius 2 is 2.30 bits per heavy atom. The maximum Gasteiger partial charge on any atom is 0.220 e. The van der Waals surface area contributed by atoms with Crippen LogP contribution in [0.25, 0.3) is 0 Å². The van der Waals surface area contributed by atoms with Gasteiger partial charge in [-0.3, -0.25) is 4.79 Å². The van der Waals surface area contributed by atoms with E-state index < -0.39 is 0 Å². The van der Waals surface area contributed by atoms with Crippen LogP contribution in [0.4, 0.5) is 0 Å². The zero-order valence-corrected chi connectivity index (χ0v) is 12.3. The van der Waals surface area contributed by atoms with Crippen molar-refractivity contribution in [3.8, 4) is 5.75 Å². The Balaban J connectivity index is 1.69. The summed E-state index contributed by atoms with van der Waals surface area (Å²) in [6.07, 6.45) is 3.79. The first kappa shape index (κ1) is 14.5. The number of carbonyl (C=O) groups excluding carboxylic acids is 1. The number of ether oxygens (including phenoxy) is 1. The van der Waals surface area contributed by atoms with Gasteiger partial charge in [-0.05, 0) is 24.1 Å². The second-order valence-electron chi connectivity index (χ2n) is 4.38. The van der Waals surface area contributed by atoms with Crippen LogP contribution in [0.2, 0.25) is 0 Å². The van der Waals surface area contributed by atoms with E-state index in [-0.39, 0.29) is 5.91 Å². The summed E-state index contributed by atoms with van der Waals surface area (Å²) >= 11 is 1.61. The fourth-order valence-electron chi connectivity index (χ4n) is 1.86. The third-order valence-electron chi connectivity index (χ3n) is 2.92. The van der Waals surface area contributed by atoms with Crippen molar-refractivity contribution < 1.29 is 9.53 Å². The molecule has 0 radical (unpaired) electrons. The number of hydrogen-bond acceptors (Lipinski definition) is 4. The first-order valence-electron chi connectivity index (χ1n) is 6.56. The molecular formula is C15H18N2O2S. The highest BCUT2D eigenvalue weighted by atomic mass is 32.1. The third-order valence-corrected chi connectivity index (χ3v) is 3.76. The molecule has 1 heterocycles. The fraction of sp³-hybridized carbons (Fsp3) is 0.333. The van der Waals surface area contributed by atoms with Crippen LogP contribution in [0.1, 0.15) is 17.0 Å². The number of aryl methyl sites for hydroxylation is 1. The van der Waals surface area contributed by atoms with Crippen molar-refractivity contribution in [1.29, 1.82) is 0 Å². The summed E-state index contributed by atoms with van der Waals surface area (Å²) in [7, 11) is 1.64. The van der Waals surface area contributed by atoms with Crippen LogP contribution in [0, 0.1) is 0 Å². The van der Waals surface area contributed by atoms with Gasteiger partial charge in [0.25, 0.3) is 0 Å². The van der Waals surface area contributed by atoms with Gasteiger partial charge >= 0.3 is 0 Å². The topological polar surface area (TPSA) is 51.2 Å². The number of thiazole rings is 1. The summed E-state index contributed by atoms with van der Waals surface area (Å²) in [6, 6.07) is 7.81. The Kier molecular flexibility index (Phi) is 5.55. The Morgan fingerprint density at radius 1 is 1.40 bits per heavy atom. The number of hydrogen-bond donors (Lipinski definition) is 1. The molecule has 20 heavy (non-hydrogen) atoms. The lowest BCUT2D eigenvalue weighted by molar-refractivity contribution is -0.121. The first-order valence-corrected chi connectivity index (χ1v) is 7.44. The summed E-state index contributed by atoms with van der Waals surface area (Å²) in [6.45, 7) is 0.643. The quantitative estimate of drug-likeness (QED) is 0.852. The van der Waals surface area contributed by atoms with Crippen LogP contribution in [0.5, 0.6) is 5.75 Å². The predicted octanol–water partition coefficient (Wildman–Crippen LogP) is 2.44. The van der Waals surface area contributed by atoms with Gasteiger partial charge in [-0.25, -0.2) is 4.98 Å². The number of carbonyl (C=O) groups is 1. The summed E-state index contributed by atoms with van der Waals surface area (Å²) < 4.78 is 5.16. The second kappa shape index (κ2) is 7.65. The summed E-state index contributed by atoms with van der Waals surface area (Å²) in [4.78, 5) is 15.9. The minimum Gasteiger partial charge on any atom is -0.497 e. The van der Waals surface area contributed by atoms with Crippen molar-refractivity contribution in [1.82, 2.24) is 10.3 Å². The number of rotatable bonds is 7. The molecule has 0 aliphatic heterocycles. The lowest BCUT2D eigenvalue weighted by Gasteiger charge is -2.05. The van der Waals surface area contributed by atoms with Crippen LogP contribution >= 0.6 is 11.3 Å². The van der Waals surface area contributed by atoms with E-state index >= 15 is 0 Å². The molecule has 1 N–H and O–H groups in total. The van der Waals surface area contributed by atoms with Crippen molar-refractivity contribution in [2.75, 3.05) is 13.7 Å². The Hall–Kier alpha value is -1.88. The highest BCUT2D eigenvalue weighted by molar-refractivity contribution is 7.09. The number of nitrogens with one attached hydrogen (secondary N) is 1. The minimum absolute atomic E-state index is 0.0735. The molecule has 0 saturated heterocycles. The molecule has 4 nitrogen and oxygen atoms in total. The van der Waals surface area contributed by atoms with E-state index in [0.29, 0.717) is 13.0 Å². The zero-order chi connectivity index (χ0) is 14.2. The van der Waals surface area contributed by atoms with Gasteiger partial charge in [0.2, 0.25) is 5.91 Å². The van der Waals surface area contributed by atoms with Crippen molar-refractivity contribution in [2.24, 2.45) is 0 Å². The van der Waals surface area contributed by atoms with E-state index in [0.717, 1.165) is 29.2 Å². The number of methoxy groups -OCH3 is 1. The normalized spacial score (nSPS) is 10.2. The summed E-state index contributed by atoms with van der Waals surface area (Å²) in [5.41, 5.74) is 1.11. The Labute approximate surface area is 122 Å². The molecule has 1 amide bonds. The standard InChI is InChI=1S/C15H18N2O2S/c1-19-13-4-2-3-12(11-13)5-6-14(18)16-8-7-15-17-9-10-20-15/h2-4,9-11H,5-8H2,1H3,(H,16,18). The fourth-order valence-corrected chi connectivity index (χ4v) is 2.48. The van der Waals surface area contributed by atoms with Gasteiger partial charge in [-0.1, -0.05) is 12.1 Å². The molecule has 106 valence electrons. The molecule has 1 aromatic heterocycles. The van der Waals surface area contributed by atoms with Gasteiger partial charge in [0.1, 0.15) is 5.75 Å². The van der Waals surface area contributed by atoms with Crippen LogP contribution in [-0.4, -0.2) is 24.5 Å². The molecule has 2 rings (SSSR count). The SMILES string of the molecule is COc1cccc(CCC(=O)NCCc2nccs2)c1. The minimum atomic E-state index is 0.0735. The van der Waals surface area contributed by atoms with E-state index in [1.807, 2.05) is 29.6 Å². The lowest BCUT2D eigenvalue weighted by atomic mass is 10.1. The Morgan fingerprint density at radius 3 is 3.05 bits per heavy atom. The van der Waals surface area contributed by atoms with Crippen molar-refractivity contribution >= 4 is 17.2 Å². The molecule has 1 aromatic carbocycles. The van der Waals surface area contributed by atoms with E-state index in [1.165, 1.54) is 0 Å². The smallest absolute Gasteiger partial charge is 0.220 e. The van der Waals surface area contributed by atoms with Crippen LogP contribution in [-0.2, 0) is 17.6 Å². The molecule has 0 aliphatic carbocycles. The molecule has 0 spiro atoms. The zero-order valence-electron chi connectivity index (χ0n) is 11.5. The second-order valence-corrected chi connectivity index (χ2v) is 5.36. The molecule has 0 unspecified atom stereocenters. The third kappa shape index (κ3) is 4.66. The van der Waals surface area contributed by atoms with Crippen molar-refractivity contribution in [3.63, 3.8) is 0 Å².